The van der Waals surface area contributed by atoms with Crippen molar-refractivity contribution in [1.82, 2.24) is 0 Å². The maximum absolute atomic E-state index is 12.5. The summed E-state index contributed by atoms with van der Waals surface area (Å²) in [7, 11) is -3.49. The highest BCUT2D eigenvalue weighted by Gasteiger charge is 2.22. The van der Waals surface area contributed by atoms with Crippen molar-refractivity contribution in [2.45, 2.75) is 51.9 Å². The van der Waals surface area contributed by atoms with E-state index in [9.17, 15) is 22.8 Å². The zero-order valence-electron chi connectivity index (χ0n) is 18.2. The Morgan fingerprint density at radius 1 is 0.839 bits per heavy atom. The first-order chi connectivity index (χ1) is 14.7. The summed E-state index contributed by atoms with van der Waals surface area (Å²) in [6, 6.07) is 15.7. The predicted octanol–water partition coefficient (Wildman–Crippen LogP) is 4.54. The first kappa shape index (κ1) is 24.7. The maximum Gasteiger partial charge on any atom is 0.193 e. The van der Waals surface area contributed by atoms with Gasteiger partial charge in [0.05, 0.1) is 5.75 Å². The molecule has 0 radical (unpaired) electrons. The van der Waals surface area contributed by atoms with Gasteiger partial charge < -0.3 is 0 Å². The van der Waals surface area contributed by atoms with Crippen LogP contribution >= 0.6 is 0 Å². The van der Waals surface area contributed by atoms with Gasteiger partial charge in [0.15, 0.2) is 21.4 Å². The molecule has 0 spiro atoms. The Kier molecular flexibility index (Phi) is 9.31. The Labute approximate surface area is 184 Å². The first-order valence-electron chi connectivity index (χ1n) is 10.7. The molecule has 0 saturated heterocycles. The molecule has 0 heterocycles. The Hall–Kier alpha value is -2.60. The van der Waals surface area contributed by atoms with Crippen molar-refractivity contribution in [2.24, 2.45) is 0 Å². The van der Waals surface area contributed by atoms with Gasteiger partial charge in [-0.15, -0.1) is 0 Å². The normalized spacial score (nSPS) is 12.3. The van der Waals surface area contributed by atoms with E-state index >= 15 is 0 Å². The number of ketones is 3. The van der Waals surface area contributed by atoms with Crippen molar-refractivity contribution in [1.29, 1.82) is 0 Å². The van der Waals surface area contributed by atoms with Crippen molar-refractivity contribution >= 4 is 27.2 Å². The molecule has 0 saturated carbocycles. The van der Waals surface area contributed by atoms with Gasteiger partial charge in [-0.3, -0.25) is 14.4 Å². The third-order valence-corrected chi connectivity index (χ3v) is 6.99. The Morgan fingerprint density at radius 2 is 1.45 bits per heavy atom. The van der Waals surface area contributed by atoms with Gasteiger partial charge >= 0.3 is 0 Å². The fourth-order valence-electron chi connectivity index (χ4n) is 3.28. The number of carbonyl (C=O) groups excluding carboxylic acids is 3. The van der Waals surface area contributed by atoms with Crippen molar-refractivity contribution in [3.05, 3.63) is 71.3 Å². The van der Waals surface area contributed by atoms with Crippen LogP contribution in [0.2, 0.25) is 0 Å². The fraction of sp³-hybridized carbons (Fsp3) is 0.400. The van der Waals surface area contributed by atoms with Crippen LogP contribution in [0.3, 0.4) is 0 Å². The third-order valence-electron chi connectivity index (χ3n) is 5.36. The number of sulfone groups is 1. The van der Waals surface area contributed by atoms with Crippen LogP contribution in [0.4, 0.5) is 0 Å². The van der Waals surface area contributed by atoms with Crippen LogP contribution in [0.25, 0.3) is 0 Å². The first-order valence-corrected chi connectivity index (χ1v) is 12.5. The van der Waals surface area contributed by atoms with Crippen LogP contribution in [0.15, 0.2) is 54.6 Å². The SMILES string of the molecule is CCC(=O)CCCCCS(=O)(=O)CC(=O)C(C)c1ccc(C(=O)c2ccccc2)cc1. The average molecular weight is 443 g/mol. The van der Waals surface area contributed by atoms with Crippen molar-refractivity contribution in [2.75, 3.05) is 11.5 Å². The molecule has 0 N–H and O–H groups in total. The molecular weight excluding hydrogens is 412 g/mol. The number of Topliss-reactive ketones (excluding diaryl/α,β-unsaturated/α-hetero) is 2. The maximum atomic E-state index is 12.5. The molecule has 166 valence electrons. The van der Waals surface area contributed by atoms with E-state index in [1.54, 1.807) is 55.5 Å². The van der Waals surface area contributed by atoms with Crippen molar-refractivity contribution in [3.8, 4) is 0 Å². The molecule has 1 unspecified atom stereocenters. The largest absolute Gasteiger partial charge is 0.300 e. The van der Waals surface area contributed by atoms with Gasteiger partial charge in [-0.2, -0.15) is 0 Å². The smallest absolute Gasteiger partial charge is 0.193 e. The molecule has 31 heavy (non-hydrogen) atoms. The minimum absolute atomic E-state index is 0.0453. The van der Waals surface area contributed by atoms with E-state index in [1.807, 2.05) is 13.0 Å². The van der Waals surface area contributed by atoms with E-state index < -0.39 is 21.5 Å². The van der Waals surface area contributed by atoms with Gasteiger partial charge in [0, 0.05) is 29.9 Å². The topological polar surface area (TPSA) is 85.3 Å². The lowest BCUT2D eigenvalue weighted by atomic mass is 9.95. The lowest BCUT2D eigenvalue weighted by Gasteiger charge is -2.12. The highest BCUT2D eigenvalue weighted by molar-refractivity contribution is 7.92. The van der Waals surface area contributed by atoms with Gasteiger partial charge in [0.2, 0.25) is 0 Å². The summed E-state index contributed by atoms with van der Waals surface area (Å²) in [4.78, 5) is 36.3. The molecule has 0 fully saturated rings. The molecule has 0 aromatic heterocycles. The molecule has 2 rings (SSSR count). The Morgan fingerprint density at radius 3 is 2.06 bits per heavy atom. The second-order valence-electron chi connectivity index (χ2n) is 7.80. The third kappa shape index (κ3) is 7.87. The molecule has 0 bridgehead atoms. The number of rotatable bonds is 13. The molecule has 0 aliphatic rings. The monoisotopic (exact) mass is 442 g/mol. The van der Waals surface area contributed by atoms with Crippen LogP contribution in [0.1, 0.15) is 73.4 Å². The molecule has 0 aliphatic heterocycles. The molecule has 0 amide bonds. The molecule has 2 aromatic carbocycles. The minimum atomic E-state index is -3.49. The van der Waals surface area contributed by atoms with Crippen molar-refractivity contribution in [3.63, 3.8) is 0 Å². The van der Waals surface area contributed by atoms with Gasteiger partial charge in [-0.1, -0.05) is 74.9 Å². The summed E-state index contributed by atoms with van der Waals surface area (Å²) in [5.41, 5.74) is 1.79. The van der Waals surface area contributed by atoms with E-state index in [2.05, 4.69) is 0 Å². The second kappa shape index (κ2) is 11.7. The van der Waals surface area contributed by atoms with Gasteiger partial charge in [-0.05, 0) is 18.4 Å². The number of carbonyl (C=O) groups is 3. The zero-order valence-corrected chi connectivity index (χ0v) is 19.0. The lowest BCUT2D eigenvalue weighted by Crippen LogP contribution is -2.23. The van der Waals surface area contributed by atoms with E-state index in [-0.39, 0.29) is 23.1 Å². The van der Waals surface area contributed by atoms with E-state index in [1.165, 1.54) is 0 Å². The summed E-state index contributed by atoms with van der Waals surface area (Å²) < 4.78 is 24.6. The number of hydrogen-bond acceptors (Lipinski definition) is 5. The number of hydrogen-bond donors (Lipinski definition) is 0. The predicted molar refractivity (Wildman–Crippen MR) is 122 cm³/mol. The minimum Gasteiger partial charge on any atom is -0.300 e. The standard InChI is InChI=1S/C25H30O5S/c1-3-23(26)12-8-5-9-17-31(29,30)18-24(27)19(2)20-13-15-22(16-14-20)25(28)21-10-6-4-7-11-21/h4,6-7,10-11,13-16,19H,3,5,8-9,12,17-18H2,1-2H3. The molecule has 0 aliphatic carbocycles. The molecule has 1 atom stereocenters. The van der Waals surface area contributed by atoms with E-state index in [0.29, 0.717) is 48.8 Å². The Bertz CT molecular complexity index is 992. The van der Waals surface area contributed by atoms with Gasteiger partial charge in [-0.25, -0.2) is 8.42 Å². The van der Waals surface area contributed by atoms with E-state index in [0.717, 1.165) is 0 Å². The van der Waals surface area contributed by atoms with Crippen LogP contribution in [0, 0.1) is 0 Å². The van der Waals surface area contributed by atoms with Crippen LogP contribution in [0.5, 0.6) is 0 Å². The van der Waals surface area contributed by atoms with Crippen molar-refractivity contribution < 1.29 is 22.8 Å². The summed E-state index contributed by atoms with van der Waals surface area (Å²) in [6.45, 7) is 3.50. The molecular formula is C25H30O5S. The van der Waals surface area contributed by atoms with Crippen LogP contribution in [-0.2, 0) is 19.4 Å². The summed E-state index contributed by atoms with van der Waals surface area (Å²) in [5, 5.41) is 0. The summed E-state index contributed by atoms with van der Waals surface area (Å²) >= 11 is 0. The number of unbranched alkanes of at least 4 members (excludes halogenated alkanes) is 2. The Balaban J connectivity index is 1.89. The fourth-order valence-corrected chi connectivity index (χ4v) is 4.75. The van der Waals surface area contributed by atoms with Gasteiger partial charge in [0.25, 0.3) is 0 Å². The number of benzene rings is 2. The highest BCUT2D eigenvalue weighted by atomic mass is 32.2. The molecule has 2 aromatic rings. The zero-order chi connectivity index (χ0) is 22.9. The summed E-state index contributed by atoms with van der Waals surface area (Å²) in [5.74, 6) is -1.39. The van der Waals surface area contributed by atoms with Gasteiger partial charge in [0.1, 0.15) is 11.5 Å². The van der Waals surface area contributed by atoms with E-state index in [4.69, 9.17) is 0 Å². The quantitative estimate of drug-likeness (QED) is 0.336. The highest BCUT2D eigenvalue weighted by Crippen LogP contribution is 2.20. The van der Waals surface area contributed by atoms with Crippen LogP contribution < -0.4 is 0 Å². The second-order valence-corrected chi connectivity index (χ2v) is 9.98. The summed E-state index contributed by atoms with van der Waals surface area (Å²) in [6.07, 6.45) is 2.78. The lowest BCUT2D eigenvalue weighted by molar-refractivity contribution is -0.119. The van der Waals surface area contributed by atoms with Crippen LogP contribution in [-0.4, -0.2) is 37.3 Å². The molecule has 5 nitrogen and oxygen atoms in total. The molecule has 6 heteroatoms. The average Bonchev–Trinajstić information content (AvgIpc) is 2.78.